The van der Waals surface area contributed by atoms with Crippen LogP contribution in [0.2, 0.25) is 0 Å². The van der Waals surface area contributed by atoms with Crippen LogP contribution in [0, 0.1) is 10.1 Å². The first kappa shape index (κ1) is 14.8. The van der Waals surface area contributed by atoms with Gasteiger partial charge in [0.05, 0.1) is 38.8 Å². The number of H-pyrrole nitrogens is 1. The monoisotopic (exact) mass is 333 g/mol. The summed E-state index contributed by atoms with van der Waals surface area (Å²) in [4.78, 5) is 27.6. The van der Waals surface area contributed by atoms with Gasteiger partial charge in [0.25, 0.3) is 11.6 Å². The van der Waals surface area contributed by atoms with Crippen LogP contribution in [0.5, 0.6) is 0 Å². The molecule has 0 fully saturated rings. The van der Waals surface area contributed by atoms with Gasteiger partial charge >= 0.3 is 0 Å². The number of para-hydroxylation sites is 1. The molecule has 0 saturated heterocycles. The lowest BCUT2D eigenvalue weighted by Crippen LogP contribution is -2.13. The fraction of sp³-hybridized carbons (Fsp3) is 0. The number of aromatic nitrogens is 3. The Bertz CT molecular complexity index is 1140. The Morgan fingerprint density at radius 3 is 2.88 bits per heavy atom. The number of carbonyl (C=O) groups excluding carboxylic acids is 1. The van der Waals surface area contributed by atoms with Crippen LogP contribution in [0.3, 0.4) is 0 Å². The summed E-state index contributed by atoms with van der Waals surface area (Å²) in [5.41, 5.74) is 1.73. The smallest absolute Gasteiger partial charge is 0.278 e. The van der Waals surface area contributed by atoms with Gasteiger partial charge in [0.15, 0.2) is 0 Å². The van der Waals surface area contributed by atoms with Crippen molar-refractivity contribution < 1.29 is 9.72 Å². The van der Waals surface area contributed by atoms with E-state index < -0.39 is 10.8 Å². The minimum atomic E-state index is -0.489. The number of benzene rings is 2. The number of rotatable bonds is 3. The third-order valence-electron chi connectivity index (χ3n) is 3.91. The van der Waals surface area contributed by atoms with Gasteiger partial charge in [-0.2, -0.15) is 5.10 Å². The van der Waals surface area contributed by atoms with Crippen molar-refractivity contribution in [2.24, 2.45) is 0 Å². The zero-order chi connectivity index (χ0) is 17.4. The summed E-state index contributed by atoms with van der Waals surface area (Å²) in [6, 6.07) is 11.3. The topological polar surface area (TPSA) is 114 Å². The Hall–Kier alpha value is -3.81. The number of nitrogens with one attached hydrogen (secondary N) is 2. The van der Waals surface area contributed by atoms with Crippen molar-refractivity contribution in [2.75, 3.05) is 5.32 Å². The number of nitrogens with zero attached hydrogens (tertiary/aromatic N) is 3. The number of amides is 1. The summed E-state index contributed by atoms with van der Waals surface area (Å²) < 4.78 is 0. The summed E-state index contributed by atoms with van der Waals surface area (Å²) in [7, 11) is 0. The number of fused-ring (bicyclic) bond motifs is 2. The van der Waals surface area contributed by atoms with Crippen LogP contribution in [-0.2, 0) is 0 Å². The van der Waals surface area contributed by atoms with Crippen molar-refractivity contribution in [1.82, 2.24) is 15.2 Å². The molecule has 0 aliphatic heterocycles. The van der Waals surface area contributed by atoms with Crippen molar-refractivity contribution in [3.8, 4) is 0 Å². The second-order valence-corrected chi connectivity index (χ2v) is 5.38. The average molecular weight is 333 g/mol. The largest absolute Gasteiger partial charge is 0.320 e. The van der Waals surface area contributed by atoms with Gasteiger partial charge in [-0.25, -0.2) is 0 Å². The Morgan fingerprint density at radius 2 is 2.04 bits per heavy atom. The van der Waals surface area contributed by atoms with Gasteiger partial charge in [-0.1, -0.05) is 12.1 Å². The molecule has 2 N–H and O–H groups in total. The lowest BCUT2D eigenvalue weighted by Gasteiger charge is -2.08. The molecule has 122 valence electrons. The maximum atomic E-state index is 12.7. The summed E-state index contributed by atoms with van der Waals surface area (Å²) in [6.45, 7) is 0. The number of hydrogen-bond donors (Lipinski definition) is 2. The minimum absolute atomic E-state index is 0.0877. The van der Waals surface area contributed by atoms with E-state index >= 15 is 0 Å². The highest BCUT2D eigenvalue weighted by Crippen LogP contribution is 2.28. The van der Waals surface area contributed by atoms with E-state index in [4.69, 9.17) is 0 Å². The van der Waals surface area contributed by atoms with Gasteiger partial charge in [-0.05, 0) is 24.3 Å². The van der Waals surface area contributed by atoms with Crippen LogP contribution in [0.25, 0.3) is 21.8 Å². The Labute approximate surface area is 140 Å². The van der Waals surface area contributed by atoms with Gasteiger partial charge in [-0.3, -0.25) is 25.0 Å². The molecule has 0 aliphatic carbocycles. The predicted molar refractivity (Wildman–Crippen MR) is 92.4 cm³/mol. The molecule has 0 bridgehead atoms. The van der Waals surface area contributed by atoms with Crippen LogP contribution >= 0.6 is 0 Å². The molecule has 2 aromatic carbocycles. The molecule has 0 aliphatic rings. The van der Waals surface area contributed by atoms with E-state index in [0.717, 1.165) is 5.39 Å². The summed E-state index contributed by atoms with van der Waals surface area (Å²) in [5.74, 6) is -0.402. The number of nitro groups is 1. The average Bonchev–Trinajstić information content (AvgIpc) is 3.10. The van der Waals surface area contributed by atoms with E-state index in [-0.39, 0.29) is 16.8 Å². The van der Waals surface area contributed by atoms with Crippen LogP contribution in [0.1, 0.15) is 10.4 Å². The van der Waals surface area contributed by atoms with Gasteiger partial charge in [0.2, 0.25) is 0 Å². The first-order chi connectivity index (χ1) is 12.1. The van der Waals surface area contributed by atoms with Crippen LogP contribution in [-0.4, -0.2) is 26.0 Å². The number of aromatic amines is 1. The molecule has 1 amide bonds. The fourth-order valence-corrected chi connectivity index (χ4v) is 2.76. The second-order valence-electron chi connectivity index (χ2n) is 5.38. The molecule has 2 aromatic heterocycles. The van der Waals surface area contributed by atoms with Crippen molar-refractivity contribution in [1.29, 1.82) is 0 Å². The number of pyridine rings is 1. The highest BCUT2D eigenvalue weighted by molar-refractivity contribution is 6.15. The first-order valence-electron chi connectivity index (χ1n) is 7.41. The molecule has 0 radical (unpaired) electrons. The van der Waals surface area contributed by atoms with Gasteiger partial charge in [-0.15, -0.1) is 0 Å². The van der Waals surface area contributed by atoms with Crippen molar-refractivity contribution in [3.05, 3.63) is 70.5 Å². The number of anilines is 1. The number of hydrogen-bond acceptors (Lipinski definition) is 5. The molecule has 0 spiro atoms. The number of non-ortho nitro benzene ring substituents is 1. The van der Waals surface area contributed by atoms with Gasteiger partial charge in [0, 0.05) is 17.6 Å². The number of nitro benzene ring substituents is 1. The van der Waals surface area contributed by atoms with Crippen molar-refractivity contribution in [2.45, 2.75) is 0 Å². The van der Waals surface area contributed by atoms with E-state index in [1.165, 1.54) is 18.3 Å². The Morgan fingerprint density at radius 1 is 1.16 bits per heavy atom. The molecule has 0 saturated carbocycles. The van der Waals surface area contributed by atoms with Crippen LogP contribution < -0.4 is 5.32 Å². The molecule has 25 heavy (non-hydrogen) atoms. The molecule has 0 atom stereocenters. The molecule has 2 heterocycles. The SMILES string of the molecule is O=C(Nc1cccc2cn[nH]c12)c1ccc([N+](=O)[O-])c2cccnc12. The zero-order valence-electron chi connectivity index (χ0n) is 12.8. The highest BCUT2D eigenvalue weighted by Gasteiger charge is 2.19. The van der Waals surface area contributed by atoms with Crippen molar-refractivity contribution >= 4 is 39.1 Å². The predicted octanol–water partition coefficient (Wildman–Crippen LogP) is 3.27. The van der Waals surface area contributed by atoms with E-state index in [2.05, 4.69) is 20.5 Å². The van der Waals surface area contributed by atoms with Crippen molar-refractivity contribution in [3.63, 3.8) is 0 Å². The van der Waals surface area contributed by atoms with E-state index in [0.29, 0.717) is 16.6 Å². The highest BCUT2D eigenvalue weighted by atomic mass is 16.6. The zero-order valence-corrected chi connectivity index (χ0v) is 12.8. The maximum absolute atomic E-state index is 12.7. The quantitative estimate of drug-likeness (QED) is 0.441. The standard InChI is InChI=1S/C17H11N5O3/c23-17(20-13-5-1-3-10-9-19-21-15(10)13)12-6-7-14(22(24)25)11-4-2-8-18-16(11)12/h1-9H,(H,19,21)(H,20,23). The molecule has 8 nitrogen and oxygen atoms in total. The molecule has 4 rings (SSSR count). The molecule has 0 unspecified atom stereocenters. The van der Waals surface area contributed by atoms with Gasteiger partial charge in [0.1, 0.15) is 0 Å². The second kappa shape index (κ2) is 5.68. The maximum Gasteiger partial charge on any atom is 0.278 e. The summed E-state index contributed by atoms with van der Waals surface area (Å²) >= 11 is 0. The summed E-state index contributed by atoms with van der Waals surface area (Å²) in [6.07, 6.45) is 3.16. The van der Waals surface area contributed by atoms with Crippen LogP contribution in [0.15, 0.2) is 54.9 Å². The van der Waals surface area contributed by atoms with E-state index in [1.807, 2.05) is 6.07 Å². The molecular formula is C17H11N5O3. The Kier molecular flexibility index (Phi) is 3.35. The lowest BCUT2D eigenvalue weighted by molar-refractivity contribution is -0.383. The third-order valence-corrected chi connectivity index (χ3v) is 3.91. The van der Waals surface area contributed by atoms with E-state index in [1.54, 1.807) is 30.5 Å². The molecule has 4 aromatic rings. The third kappa shape index (κ3) is 2.45. The van der Waals surface area contributed by atoms with E-state index in [9.17, 15) is 14.9 Å². The normalized spacial score (nSPS) is 10.9. The first-order valence-corrected chi connectivity index (χ1v) is 7.41. The summed E-state index contributed by atoms with van der Waals surface area (Å²) in [5, 5.41) is 22.0. The minimum Gasteiger partial charge on any atom is -0.320 e. The van der Waals surface area contributed by atoms with Gasteiger partial charge < -0.3 is 5.32 Å². The Balaban J connectivity index is 1.80. The fourth-order valence-electron chi connectivity index (χ4n) is 2.76. The molecule has 8 heteroatoms. The van der Waals surface area contributed by atoms with Crippen LogP contribution in [0.4, 0.5) is 11.4 Å². The lowest BCUT2D eigenvalue weighted by atomic mass is 10.1. The molecular weight excluding hydrogens is 322 g/mol. The number of carbonyl (C=O) groups is 1.